The Labute approximate surface area is 79.6 Å². The largest absolute Gasteiger partial charge is 0.368 e. The molecule has 2 N–H and O–H groups in total. The number of rotatable bonds is 2. The molecule has 0 aromatic heterocycles. The summed E-state index contributed by atoms with van der Waals surface area (Å²) in [6, 6.07) is -0.147. The Morgan fingerprint density at radius 2 is 2.38 bits per heavy atom. The molecule has 3 heteroatoms. The van der Waals surface area contributed by atoms with E-state index in [4.69, 9.17) is 5.73 Å². The fraction of sp³-hybridized carbons (Fsp3) is 0.700. The van der Waals surface area contributed by atoms with E-state index in [-0.39, 0.29) is 11.9 Å². The Balaban J connectivity index is 2.64. The summed E-state index contributed by atoms with van der Waals surface area (Å²) in [6.07, 6.45) is 2.25. The highest BCUT2D eigenvalue weighted by molar-refractivity contribution is 5.79. The third-order valence-corrected chi connectivity index (χ3v) is 2.50. The summed E-state index contributed by atoms with van der Waals surface area (Å²) in [5, 5.41) is 0. The molecule has 1 aliphatic heterocycles. The van der Waals surface area contributed by atoms with Crippen LogP contribution in [0, 0.1) is 5.92 Å². The first-order valence-electron chi connectivity index (χ1n) is 4.71. The van der Waals surface area contributed by atoms with Crippen molar-refractivity contribution in [1.29, 1.82) is 0 Å². The molecule has 74 valence electrons. The molecule has 0 spiro atoms. The number of hydrogen-bond donors (Lipinski definition) is 1. The van der Waals surface area contributed by atoms with Crippen molar-refractivity contribution in [1.82, 2.24) is 4.90 Å². The Kier molecular flexibility index (Phi) is 3.09. The highest BCUT2D eigenvalue weighted by Gasteiger charge is 2.23. The fourth-order valence-corrected chi connectivity index (χ4v) is 1.82. The highest BCUT2D eigenvalue weighted by Crippen LogP contribution is 2.16. The van der Waals surface area contributed by atoms with Gasteiger partial charge in [0.2, 0.25) is 5.91 Å². The molecule has 0 aromatic rings. The second-order valence-corrected chi connectivity index (χ2v) is 4.00. The van der Waals surface area contributed by atoms with Crippen molar-refractivity contribution in [3.8, 4) is 0 Å². The molecule has 0 fully saturated rings. The maximum atomic E-state index is 11.0. The minimum absolute atomic E-state index is 0.147. The van der Waals surface area contributed by atoms with Crippen LogP contribution >= 0.6 is 0 Å². The molecule has 2 atom stereocenters. The molecular weight excluding hydrogens is 164 g/mol. The second-order valence-electron chi connectivity index (χ2n) is 4.00. The number of nitrogens with two attached hydrogens (primary N) is 1. The predicted molar refractivity (Wildman–Crippen MR) is 53.2 cm³/mol. The second kappa shape index (κ2) is 3.92. The number of carbonyl (C=O) groups excluding carboxylic acids is 1. The van der Waals surface area contributed by atoms with E-state index >= 15 is 0 Å². The van der Waals surface area contributed by atoms with E-state index in [1.54, 1.807) is 0 Å². The van der Waals surface area contributed by atoms with Crippen LogP contribution in [0.25, 0.3) is 0 Å². The predicted octanol–water partition coefficient (Wildman–Crippen LogP) is 0.758. The van der Waals surface area contributed by atoms with Crippen LogP contribution in [0.4, 0.5) is 0 Å². The summed E-state index contributed by atoms with van der Waals surface area (Å²) in [4.78, 5) is 13.1. The lowest BCUT2D eigenvalue weighted by atomic mass is 10.0. The smallest absolute Gasteiger partial charge is 0.234 e. The maximum absolute atomic E-state index is 11.0. The van der Waals surface area contributed by atoms with Crippen LogP contribution < -0.4 is 5.73 Å². The molecule has 0 saturated carbocycles. The minimum Gasteiger partial charge on any atom is -0.368 e. The number of carbonyl (C=O) groups is 1. The fourth-order valence-electron chi connectivity index (χ4n) is 1.82. The first kappa shape index (κ1) is 10.3. The van der Waals surface area contributed by atoms with E-state index in [2.05, 4.69) is 24.8 Å². The van der Waals surface area contributed by atoms with E-state index in [0.29, 0.717) is 5.92 Å². The van der Waals surface area contributed by atoms with Crippen LogP contribution in [-0.2, 0) is 4.79 Å². The van der Waals surface area contributed by atoms with Crippen LogP contribution in [0.5, 0.6) is 0 Å². The van der Waals surface area contributed by atoms with Gasteiger partial charge in [0.05, 0.1) is 6.04 Å². The average molecular weight is 182 g/mol. The number of hydrogen-bond acceptors (Lipinski definition) is 2. The minimum atomic E-state index is -0.234. The Bertz CT molecular complexity index is 235. The third kappa shape index (κ3) is 2.56. The maximum Gasteiger partial charge on any atom is 0.234 e. The van der Waals surface area contributed by atoms with E-state index in [9.17, 15) is 4.79 Å². The molecule has 0 bridgehead atoms. The van der Waals surface area contributed by atoms with Crippen molar-refractivity contribution in [3.63, 3.8) is 0 Å². The normalized spacial score (nSPS) is 26.7. The zero-order valence-electron chi connectivity index (χ0n) is 8.58. The lowest BCUT2D eigenvalue weighted by Crippen LogP contribution is -2.46. The van der Waals surface area contributed by atoms with Crippen LogP contribution in [0.2, 0.25) is 0 Å². The topological polar surface area (TPSA) is 46.3 Å². The molecule has 0 saturated heterocycles. The molecule has 2 unspecified atom stereocenters. The molecule has 3 nitrogen and oxygen atoms in total. The molecule has 13 heavy (non-hydrogen) atoms. The molecular formula is C10H18N2O. The van der Waals surface area contributed by atoms with Crippen molar-refractivity contribution in [2.75, 3.05) is 13.1 Å². The van der Waals surface area contributed by atoms with E-state index in [1.165, 1.54) is 5.57 Å². The summed E-state index contributed by atoms with van der Waals surface area (Å²) in [7, 11) is 0. The number of amides is 1. The molecule has 1 amide bonds. The standard InChI is InChI=1S/C10H18N2O/c1-7-4-8(2)6-12(5-7)9(3)10(11)13/h4,7,9H,5-6H2,1-3H3,(H2,11,13). The van der Waals surface area contributed by atoms with Gasteiger partial charge >= 0.3 is 0 Å². The van der Waals surface area contributed by atoms with Gasteiger partial charge in [-0.25, -0.2) is 0 Å². The molecule has 0 aromatic carbocycles. The van der Waals surface area contributed by atoms with Crippen LogP contribution in [-0.4, -0.2) is 29.9 Å². The lowest BCUT2D eigenvalue weighted by molar-refractivity contribution is -0.122. The summed E-state index contributed by atoms with van der Waals surface area (Å²) in [6.45, 7) is 7.92. The van der Waals surface area contributed by atoms with Gasteiger partial charge in [-0.15, -0.1) is 0 Å². The lowest BCUT2D eigenvalue weighted by Gasteiger charge is -2.32. The van der Waals surface area contributed by atoms with Gasteiger partial charge in [0.25, 0.3) is 0 Å². The molecule has 1 rings (SSSR count). The van der Waals surface area contributed by atoms with Crippen LogP contribution in [0.3, 0.4) is 0 Å². The summed E-state index contributed by atoms with van der Waals surface area (Å²) in [5.74, 6) is 0.289. The number of nitrogens with zero attached hydrogens (tertiary/aromatic N) is 1. The Morgan fingerprint density at radius 1 is 1.77 bits per heavy atom. The van der Waals surface area contributed by atoms with Crippen molar-refractivity contribution in [3.05, 3.63) is 11.6 Å². The van der Waals surface area contributed by atoms with Crippen molar-refractivity contribution in [2.24, 2.45) is 11.7 Å². The van der Waals surface area contributed by atoms with Crippen molar-refractivity contribution in [2.45, 2.75) is 26.8 Å². The zero-order chi connectivity index (χ0) is 10.0. The van der Waals surface area contributed by atoms with E-state index in [1.807, 2.05) is 6.92 Å². The summed E-state index contributed by atoms with van der Waals surface area (Å²) in [5.41, 5.74) is 6.58. The first-order valence-corrected chi connectivity index (χ1v) is 4.71. The monoisotopic (exact) mass is 182 g/mol. The quantitative estimate of drug-likeness (QED) is 0.641. The Morgan fingerprint density at radius 3 is 2.85 bits per heavy atom. The van der Waals surface area contributed by atoms with Gasteiger partial charge in [-0.3, -0.25) is 9.69 Å². The first-order chi connectivity index (χ1) is 6.00. The van der Waals surface area contributed by atoms with Gasteiger partial charge in [0.15, 0.2) is 0 Å². The number of primary amides is 1. The molecule has 0 aliphatic carbocycles. The van der Waals surface area contributed by atoms with Gasteiger partial charge in [0, 0.05) is 13.1 Å². The van der Waals surface area contributed by atoms with Gasteiger partial charge < -0.3 is 5.73 Å². The van der Waals surface area contributed by atoms with Crippen LogP contribution in [0.15, 0.2) is 11.6 Å². The average Bonchev–Trinajstić information content (AvgIpc) is 2.01. The SMILES string of the molecule is CC1=CC(C)CN(C(C)C(N)=O)C1. The molecule has 1 heterocycles. The van der Waals surface area contributed by atoms with Crippen molar-refractivity contribution >= 4 is 5.91 Å². The molecule has 1 aliphatic rings. The zero-order valence-corrected chi connectivity index (χ0v) is 8.58. The summed E-state index contributed by atoms with van der Waals surface area (Å²) >= 11 is 0. The van der Waals surface area contributed by atoms with E-state index < -0.39 is 0 Å². The summed E-state index contributed by atoms with van der Waals surface area (Å²) < 4.78 is 0. The van der Waals surface area contributed by atoms with Gasteiger partial charge in [-0.2, -0.15) is 0 Å². The Hall–Kier alpha value is -0.830. The van der Waals surface area contributed by atoms with Crippen LogP contribution in [0.1, 0.15) is 20.8 Å². The van der Waals surface area contributed by atoms with E-state index in [0.717, 1.165) is 13.1 Å². The van der Waals surface area contributed by atoms with Crippen molar-refractivity contribution < 1.29 is 4.79 Å². The molecule has 0 radical (unpaired) electrons. The van der Waals surface area contributed by atoms with Gasteiger partial charge in [-0.1, -0.05) is 18.6 Å². The third-order valence-electron chi connectivity index (χ3n) is 2.50. The highest BCUT2D eigenvalue weighted by atomic mass is 16.1. The van der Waals surface area contributed by atoms with Gasteiger partial charge in [0.1, 0.15) is 0 Å². The van der Waals surface area contributed by atoms with Gasteiger partial charge in [-0.05, 0) is 19.8 Å².